The van der Waals surface area contributed by atoms with E-state index in [9.17, 15) is 13.2 Å². The van der Waals surface area contributed by atoms with Crippen LogP contribution in [0.15, 0.2) is 18.5 Å². The molecular formula is C13H17F3N4. The van der Waals surface area contributed by atoms with E-state index in [1.807, 2.05) is 6.92 Å². The fourth-order valence-corrected chi connectivity index (χ4v) is 1.88. The summed E-state index contributed by atoms with van der Waals surface area (Å²) in [7, 11) is 0. The van der Waals surface area contributed by atoms with E-state index in [2.05, 4.69) is 29.2 Å². The van der Waals surface area contributed by atoms with Crippen molar-refractivity contribution >= 4 is 11.3 Å². The Morgan fingerprint density at radius 2 is 2.05 bits per heavy atom. The number of hydrogen-bond donors (Lipinski definition) is 1. The lowest BCUT2D eigenvalue weighted by Crippen LogP contribution is -2.24. The summed E-state index contributed by atoms with van der Waals surface area (Å²) in [6, 6.07) is 1.13. The summed E-state index contributed by atoms with van der Waals surface area (Å²) in [5.41, 5.74) is -0.584. The van der Waals surface area contributed by atoms with Gasteiger partial charge in [0, 0.05) is 24.5 Å². The molecule has 1 N–H and O–H groups in total. The minimum absolute atomic E-state index is 0.114. The predicted molar refractivity (Wildman–Crippen MR) is 70.5 cm³/mol. The molecule has 0 saturated heterocycles. The zero-order chi connectivity index (χ0) is 14.9. The van der Waals surface area contributed by atoms with Crippen molar-refractivity contribution < 1.29 is 13.2 Å². The highest BCUT2D eigenvalue weighted by Gasteiger charge is 2.34. The standard InChI is InChI=1S/C13H17F3N4/c1-4-8(2)9(3)18-12-10-7-11(13(14,15)16)19-20(10)6-5-17-12/h5-9H,4H2,1-3H3,(H,17,18). The number of aromatic nitrogens is 3. The molecule has 2 rings (SSSR count). The van der Waals surface area contributed by atoms with Crippen LogP contribution in [0.25, 0.3) is 5.52 Å². The Balaban J connectivity index is 2.37. The van der Waals surface area contributed by atoms with Gasteiger partial charge in [0.15, 0.2) is 11.5 Å². The van der Waals surface area contributed by atoms with Crippen LogP contribution in [0.4, 0.5) is 19.0 Å². The molecular weight excluding hydrogens is 269 g/mol. The molecule has 110 valence electrons. The first-order valence-electron chi connectivity index (χ1n) is 6.51. The van der Waals surface area contributed by atoms with Crippen LogP contribution in [0.2, 0.25) is 0 Å². The summed E-state index contributed by atoms with van der Waals surface area (Å²) in [5, 5.41) is 6.69. The molecule has 2 heterocycles. The summed E-state index contributed by atoms with van der Waals surface area (Å²) in [5.74, 6) is 0.811. The van der Waals surface area contributed by atoms with Gasteiger partial charge >= 0.3 is 6.18 Å². The van der Waals surface area contributed by atoms with Crippen molar-refractivity contribution in [1.82, 2.24) is 14.6 Å². The molecule has 0 aliphatic rings. The predicted octanol–water partition coefficient (Wildman–Crippen LogP) is 3.59. The van der Waals surface area contributed by atoms with E-state index in [1.54, 1.807) is 0 Å². The third-order valence-corrected chi connectivity index (χ3v) is 3.54. The molecule has 2 unspecified atom stereocenters. The van der Waals surface area contributed by atoms with E-state index in [4.69, 9.17) is 0 Å². The Morgan fingerprint density at radius 3 is 2.65 bits per heavy atom. The molecule has 2 atom stereocenters. The summed E-state index contributed by atoms with van der Waals surface area (Å²) in [6.07, 6.45) is -0.633. The molecule has 0 radical (unpaired) electrons. The number of nitrogens with one attached hydrogen (secondary N) is 1. The molecule has 0 amide bonds. The van der Waals surface area contributed by atoms with Crippen molar-refractivity contribution in [3.05, 3.63) is 24.2 Å². The highest BCUT2D eigenvalue weighted by molar-refractivity contribution is 5.68. The number of rotatable bonds is 4. The first-order valence-corrected chi connectivity index (χ1v) is 6.51. The van der Waals surface area contributed by atoms with E-state index in [0.717, 1.165) is 12.5 Å². The highest BCUT2D eigenvalue weighted by atomic mass is 19.4. The normalized spacial score (nSPS) is 15.3. The molecule has 0 aliphatic carbocycles. The largest absolute Gasteiger partial charge is 0.435 e. The fourth-order valence-electron chi connectivity index (χ4n) is 1.88. The second-order valence-electron chi connectivity index (χ2n) is 4.95. The van der Waals surface area contributed by atoms with Crippen LogP contribution in [0.3, 0.4) is 0 Å². The lowest BCUT2D eigenvalue weighted by atomic mass is 10.0. The van der Waals surface area contributed by atoms with Crippen LogP contribution < -0.4 is 5.32 Å². The molecule has 2 aromatic heterocycles. The molecule has 4 nitrogen and oxygen atoms in total. The van der Waals surface area contributed by atoms with Gasteiger partial charge in [0.25, 0.3) is 0 Å². The summed E-state index contributed by atoms with van der Waals surface area (Å²) < 4.78 is 39.3. The first-order chi connectivity index (χ1) is 9.32. The number of halogens is 3. The van der Waals surface area contributed by atoms with E-state index >= 15 is 0 Å². The SMILES string of the molecule is CCC(C)C(C)Nc1nccn2nc(C(F)(F)F)cc12. The van der Waals surface area contributed by atoms with Gasteiger partial charge in [-0.15, -0.1) is 0 Å². The second kappa shape index (κ2) is 5.30. The molecule has 7 heteroatoms. The average molecular weight is 286 g/mol. The van der Waals surface area contributed by atoms with Gasteiger partial charge in [-0.05, 0) is 12.8 Å². The van der Waals surface area contributed by atoms with Gasteiger partial charge in [0.05, 0.1) is 0 Å². The monoisotopic (exact) mass is 286 g/mol. The number of nitrogens with zero attached hydrogens (tertiary/aromatic N) is 3. The van der Waals surface area contributed by atoms with Crippen molar-refractivity contribution in [2.45, 2.75) is 39.4 Å². The van der Waals surface area contributed by atoms with Crippen LogP contribution in [-0.2, 0) is 6.18 Å². The molecule has 0 aromatic carbocycles. The molecule has 0 fully saturated rings. The Hall–Kier alpha value is -1.79. The van der Waals surface area contributed by atoms with E-state index < -0.39 is 11.9 Å². The second-order valence-corrected chi connectivity index (χ2v) is 4.95. The zero-order valence-corrected chi connectivity index (χ0v) is 11.6. The van der Waals surface area contributed by atoms with Crippen molar-refractivity contribution in [3.8, 4) is 0 Å². The van der Waals surface area contributed by atoms with Gasteiger partial charge in [0.2, 0.25) is 0 Å². The molecule has 2 aromatic rings. The lowest BCUT2D eigenvalue weighted by Gasteiger charge is -2.20. The fraction of sp³-hybridized carbons (Fsp3) is 0.538. The highest BCUT2D eigenvalue weighted by Crippen LogP contribution is 2.30. The van der Waals surface area contributed by atoms with Crippen LogP contribution in [0.1, 0.15) is 32.9 Å². The third kappa shape index (κ3) is 2.86. The number of hydrogen-bond acceptors (Lipinski definition) is 3. The van der Waals surface area contributed by atoms with Crippen LogP contribution in [0, 0.1) is 5.92 Å². The van der Waals surface area contributed by atoms with Gasteiger partial charge in [-0.3, -0.25) is 0 Å². The maximum Gasteiger partial charge on any atom is 0.435 e. The maximum absolute atomic E-state index is 12.7. The van der Waals surface area contributed by atoms with Gasteiger partial charge in [-0.25, -0.2) is 9.50 Å². The van der Waals surface area contributed by atoms with Gasteiger partial charge < -0.3 is 5.32 Å². The van der Waals surface area contributed by atoms with E-state index in [-0.39, 0.29) is 6.04 Å². The molecule has 0 spiro atoms. The molecule has 0 saturated carbocycles. The van der Waals surface area contributed by atoms with Crippen LogP contribution in [-0.4, -0.2) is 20.6 Å². The number of anilines is 1. The molecule has 0 bridgehead atoms. The molecule has 0 aliphatic heterocycles. The quantitative estimate of drug-likeness (QED) is 0.934. The smallest absolute Gasteiger partial charge is 0.366 e. The zero-order valence-electron chi connectivity index (χ0n) is 11.6. The lowest BCUT2D eigenvalue weighted by molar-refractivity contribution is -0.141. The Labute approximate surface area is 115 Å². The Morgan fingerprint density at radius 1 is 1.35 bits per heavy atom. The minimum atomic E-state index is -4.45. The van der Waals surface area contributed by atoms with Crippen molar-refractivity contribution in [3.63, 3.8) is 0 Å². The average Bonchev–Trinajstić information content (AvgIpc) is 2.82. The van der Waals surface area contributed by atoms with Gasteiger partial charge in [-0.1, -0.05) is 20.3 Å². The summed E-state index contributed by atoms with van der Waals surface area (Å²) >= 11 is 0. The minimum Gasteiger partial charge on any atom is -0.366 e. The maximum atomic E-state index is 12.7. The van der Waals surface area contributed by atoms with Crippen LogP contribution in [0.5, 0.6) is 0 Å². The van der Waals surface area contributed by atoms with Crippen molar-refractivity contribution in [2.24, 2.45) is 5.92 Å². The third-order valence-electron chi connectivity index (χ3n) is 3.54. The Kier molecular flexibility index (Phi) is 3.87. The first kappa shape index (κ1) is 14.6. The van der Waals surface area contributed by atoms with Crippen molar-refractivity contribution in [1.29, 1.82) is 0 Å². The Bertz CT molecular complexity index is 591. The van der Waals surface area contributed by atoms with Crippen molar-refractivity contribution in [2.75, 3.05) is 5.32 Å². The van der Waals surface area contributed by atoms with E-state index in [1.165, 1.54) is 16.9 Å². The number of alkyl halides is 3. The van der Waals surface area contributed by atoms with Gasteiger partial charge in [-0.2, -0.15) is 18.3 Å². The van der Waals surface area contributed by atoms with Crippen LogP contribution >= 0.6 is 0 Å². The van der Waals surface area contributed by atoms with E-state index in [0.29, 0.717) is 17.3 Å². The summed E-state index contributed by atoms with van der Waals surface area (Å²) in [6.45, 7) is 6.13. The summed E-state index contributed by atoms with van der Waals surface area (Å²) in [4.78, 5) is 4.12. The topological polar surface area (TPSA) is 42.2 Å². The van der Waals surface area contributed by atoms with Gasteiger partial charge in [0.1, 0.15) is 5.52 Å². The number of fused-ring (bicyclic) bond motifs is 1. The molecule has 20 heavy (non-hydrogen) atoms.